The van der Waals surface area contributed by atoms with Crippen molar-refractivity contribution in [2.75, 3.05) is 13.1 Å². The van der Waals surface area contributed by atoms with Crippen LogP contribution in [0.15, 0.2) is 12.4 Å². The van der Waals surface area contributed by atoms with Crippen LogP contribution in [0.2, 0.25) is 0 Å². The van der Waals surface area contributed by atoms with E-state index in [1.165, 1.54) is 0 Å². The summed E-state index contributed by atoms with van der Waals surface area (Å²) in [6, 6.07) is 0. The molecule has 1 fully saturated rings. The highest BCUT2D eigenvalue weighted by molar-refractivity contribution is 5.95. The Labute approximate surface area is 83.3 Å². The van der Waals surface area contributed by atoms with Crippen molar-refractivity contribution in [3.63, 3.8) is 0 Å². The lowest BCUT2D eigenvalue weighted by atomic mass is 9.99. The molecule has 2 rings (SSSR count). The zero-order valence-electron chi connectivity index (χ0n) is 8.36. The molecule has 76 valence electrons. The Balaban J connectivity index is 1.95. The number of Topliss-reactive ketones (excluding diaryl/α,β-unsaturated/α-hetero) is 1. The van der Waals surface area contributed by atoms with Gasteiger partial charge in [0.05, 0.1) is 11.8 Å². The summed E-state index contributed by atoms with van der Waals surface area (Å²) in [6.07, 6.45) is 5.19. The maximum Gasteiger partial charge on any atom is 0.166 e. The van der Waals surface area contributed by atoms with E-state index in [1.54, 1.807) is 17.1 Å². The van der Waals surface area contributed by atoms with Gasteiger partial charge < -0.3 is 5.32 Å². The normalized spacial score (nSPS) is 21.4. The van der Waals surface area contributed by atoms with Gasteiger partial charge >= 0.3 is 0 Å². The Hall–Kier alpha value is -1.16. The Kier molecular flexibility index (Phi) is 2.63. The molecule has 1 saturated heterocycles. The van der Waals surface area contributed by atoms with Crippen molar-refractivity contribution < 1.29 is 4.79 Å². The van der Waals surface area contributed by atoms with Crippen molar-refractivity contribution in [1.82, 2.24) is 15.1 Å². The van der Waals surface area contributed by atoms with E-state index in [1.807, 2.05) is 7.05 Å². The minimum absolute atomic E-state index is 0.215. The maximum atomic E-state index is 11.7. The maximum absolute atomic E-state index is 11.7. The molecule has 1 aliphatic heterocycles. The lowest BCUT2D eigenvalue weighted by Gasteiger charge is -2.04. The van der Waals surface area contributed by atoms with E-state index in [-0.39, 0.29) is 5.78 Å². The Bertz CT molecular complexity index is 326. The average molecular weight is 193 g/mol. The lowest BCUT2D eigenvalue weighted by Crippen LogP contribution is -2.12. The summed E-state index contributed by atoms with van der Waals surface area (Å²) < 4.78 is 1.67. The molecule has 0 bridgehead atoms. The van der Waals surface area contributed by atoms with Crippen LogP contribution in [0.1, 0.15) is 23.2 Å². The smallest absolute Gasteiger partial charge is 0.166 e. The number of carbonyl (C=O) groups excluding carboxylic acids is 1. The Morgan fingerprint density at radius 1 is 1.79 bits per heavy atom. The number of rotatable bonds is 3. The van der Waals surface area contributed by atoms with Crippen LogP contribution >= 0.6 is 0 Å². The van der Waals surface area contributed by atoms with E-state index in [9.17, 15) is 4.79 Å². The first-order valence-electron chi connectivity index (χ1n) is 4.98. The van der Waals surface area contributed by atoms with Crippen LogP contribution in [0.4, 0.5) is 0 Å². The number of carbonyl (C=O) groups is 1. The number of ketones is 1. The molecule has 1 aromatic heterocycles. The molecule has 1 atom stereocenters. The van der Waals surface area contributed by atoms with Gasteiger partial charge in [-0.25, -0.2) is 0 Å². The summed E-state index contributed by atoms with van der Waals surface area (Å²) >= 11 is 0. The largest absolute Gasteiger partial charge is 0.316 e. The monoisotopic (exact) mass is 193 g/mol. The molecule has 4 heteroatoms. The second kappa shape index (κ2) is 3.92. The van der Waals surface area contributed by atoms with Crippen molar-refractivity contribution in [3.05, 3.63) is 18.0 Å². The number of nitrogens with zero attached hydrogens (tertiary/aromatic N) is 2. The van der Waals surface area contributed by atoms with Crippen molar-refractivity contribution in [2.24, 2.45) is 13.0 Å². The van der Waals surface area contributed by atoms with Gasteiger partial charge in [0.2, 0.25) is 0 Å². The molecule has 1 aliphatic rings. The van der Waals surface area contributed by atoms with Crippen molar-refractivity contribution >= 4 is 5.78 Å². The number of hydrogen-bond acceptors (Lipinski definition) is 3. The van der Waals surface area contributed by atoms with Crippen LogP contribution in [0.25, 0.3) is 0 Å². The zero-order valence-corrected chi connectivity index (χ0v) is 8.36. The van der Waals surface area contributed by atoms with Gasteiger partial charge in [-0.05, 0) is 25.4 Å². The summed E-state index contributed by atoms with van der Waals surface area (Å²) in [5, 5.41) is 7.25. The standard InChI is InChI=1S/C10H15N3O/c1-13-7-9(6-12-13)10(14)4-8-2-3-11-5-8/h6-8,11H,2-5H2,1H3. The third-order valence-corrected chi connectivity index (χ3v) is 2.66. The van der Waals surface area contributed by atoms with Gasteiger partial charge in [-0.2, -0.15) is 5.10 Å². The van der Waals surface area contributed by atoms with Gasteiger partial charge in [-0.3, -0.25) is 9.48 Å². The molecular weight excluding hydrogens is 178 g/mol. The van der Waals surface area contributed by atoms with E-state index < -0.39 is 0 Å². The minimum Gasteiger partial charge on any atom is -0.316 e. The van der Waals surface area contributed by atoms with Crippen LogP contribution < -0.4 is 5.32 Å². The van der Waals surface area contributed by atoms with Crippen molar-refractivity contribution in [2.45, 2.75) is 12.8 Å². The van der Waals surface area contributed by atoms with Crippen LogP contribution in [0, 0.1) is 5.92 Å². The molecule has 4 nitrogen and oxygen atoms in total. The van der Waals surface area contributed by atoms with Crippen molar-refractivity contribution in [1.29, 1.82) is 0 Å². The highest BCUT2D eigenvalue weighted by Crippen LogP contribution is 2.15. The minimum atomic E-state index is 0.215. The van der Waals surface area contributed by atoms with Gasteiger partial charge in [0.15, 0.2) is 5.78 Å². The summed E-state index contributed by atoms with van der Waals surface area (Å²) in [5.74, 6) is 0.731. The van der Waals surface area contributed by atoms with E-state index in [0.717, 1.165) is 25.1 Å². The molecule has 2 heterocycles. The van der Waals surface area contributed by atoms with E-state index in [0.29, 0.717) is 12.3 Å². The van der Waals surface area contributed by atoms with Crippen LogP contribution in [-0.4, -0.2) is 28.7 Å². The predicted molar refractivity (Wildman–Crippen MR) is 53.1 cm³/mol. The number of aromatic nitrogens is 2. The molecule has 1 N–H and O–H groups in total. The highest BCUT2D eigenvalue weighted by atomic mass is 16.1. The Morgan fingerprint density at radius 3 is 3.21 bits per heavy atom. The predicted octanol–water partition coefficient (Wildman–Crippen LogP) is 0.602. The van der Waals surface area contributed by atoms with Crippen LogP contribution in [0.5, 0.6) is 0 Å². The summed E-state index contributed by atoms with van der Waals surface area (Å²) in [7, 11) is 1.83. The van der Waals surface area contributed by atoms with Gasteiger partial charge in [0.1, 0.15) is 0 Å². The lowest BCUT2D eigenvalue weighted by molar-refractivity contribution is 0.0964. The average Bonchev–Trinajstić information content (AvgIpc) is 2.75. The molecule has 0 amide bonds. The Morgan fingerprint density at radius 2 is 2.64 bits per heavy atom. The quantitative estimate of drug-likeness (QED) is 0.715. The van der Waals surface area contributed by atoms with E-state index >= 15 is 0 Å². The third-order valence-electron chi connectivity index (χ3n) is 2.66. The molecule has 1 unspecified atom stereocenters. The zero-order chi connectivity index (χ0) is 9.97. The molecule has 0 spiro atoms. The van der Waals surface area contributed by atoms with E-state index in [4.69, 9.17) is 0 Å². The second-order valence-corrected chi connectivity index (χ2v) is 3.89. The SMILES string of the molecule is Cn1cc(C(=O)CC2CCNC2)cn1. The molecule has 1 aromatic rings. The molecule has 14 heavy (non-hydrogen) atoms. The van der Waals surface area contributed by atoms with Crippen LogP contribution in [-0.2, 0) is 7.05 Å². The third kappa shape index (κ3) is 2.01. The second-order valence-electron chi connectivity index (χ2n) is 3.89. The molecular formula is C10H15N3O. The molecule has 0 aromatic carbocycles. The number of nitrogens with one attached hydrogen (secondary N) is 1. The van der Waals surface area contributed by atoms with Gasteiger partial charge in [0, 0.05) is 19.7 Å². The fourth-order valence-corrected chi connectivity index (χ4v) is 1.83. The van der Waals surface area contributed by atoms with Crippen LogP contribution in [0.3, 0.4) is 0 Å². The fourth-order valence-electron chi connectivity index (χ4n) is 1.83. The fraction of sp³-hybridized carbons (Fsp3) is 0.600. The highest BCUT2D eigenvalue weighted by Gasteiger charge is 2.19. The topological polar surface area (TPSA) is 46.9 Å². The van der Waals surface area contributed by atoms with Gasteiger partial charge in [-0.15, -0.1) is 0 Å². The molecule has 0 radical (unpaired) electrons. The summed E-state index contributed by atoms with van der Waals surface area (Å²) in [5.41, 5.74) is 0.736. The van der Waals surface area contributed by atoms with E-state index in [2.05, 4.69) is 10.4 Å². The number of aryl methyl sites for hydroxylation is 1. The first-order chi connectivity index (χ1) is 6.75. The summed E-state index contributed by atoms with van der Waals surface area (Å²) in [6.45, 7) is 2.02. The first kappa shape index (κ1) is 9.40. The number of hydrogen-bond donors (Lipinski definition) is 1. The summed E-state index contributed by atoms with van der Waals surface area (Å²) in [4.78, 5) is 11.7. The van der Waals surface area contributed by atoms with Gasteiger partial charge in [-0.1, -0.05) is 0 Å². The molecule has 0 aliphatic carbocycles. The van der Waals surface area contributed by atoms with Crippen molar-refractivity contribution in [3.8, 4) is 0 Å². The van der Waals surface area contributed by atoms with Gasteiger partial charge in [0.25, 0.3) is 0 Å². The first-order valence-corrected chi connectivity index (χ1v) is 4.98. The molecule has 0 saturated carbocycles.